The molecule has 0 aliphatic heterocycles. The molecule has 2 bridgehead atoms. The molecule has 0 unspecified atom stereocenters. The summed E-state index contributed by atoms with van der Waals surface area (Å²) in [5, 5.41) is 2.59. The zero-order valence-electron chi connectivity index (χ0n) is 14.6. The molecule has 3 heterocycles. The van der Waals surface area contributed by atoms with Crippen LogP contribution in [-0.4, -0.2) is 10.9 Å². The molecule has 0 saturated carbocycles. The largest absolute Gasteiger partial charge is 0.455 e. The number of nitrogens with one attached hydrogen (secondary N) is 1. The van der Waals surface area contributed by atoms with Crippen molar-refractivity contribution in [3.8, 4) is 11.1 Å². The number of carbonyl (C=O) groups excluding carboxylic acids is 1. The molecule has 3 aromatic heterocycles. The average molecular weight is 382 g/mol. The molecule has 4 aromatic rings. The van der Waals surface area contributed by atoms with Gasteiger partial charge in [0.25, 0.3) is 5.91 Å². The molecular weight excluding hydrogens is 369 g/mol. The molecule has 1 aliphatic rings. The monoisotopic (exact) mass is 382 g/mol. The number of nitrogens with zero attached hydrogens (tertiary/aromatic N) is 1. The number of furan rings is 2. The van der Waals surface area contributed by atoms with E-state index in [1.165, 1.54) is 12.1 Å². The summed E-state index contributed by atoms with van der Waals surface area (Å²) in [6.07, 6.45) is -1.24. The van der Waals surface area contributed by atoms with E-state index in [2.05, 4.69) is 10.3 Å². The van der Waals surface area contributed by atoms with Gasteiger partial charge in [0.1, 0.15) is 11.2 Å². The van der Waals surface area contributed by atoms with Crippen molar-refractivity contribution in [1.82, 2.24) is 4.98 Å². The van der Waals surface area contributed by atoms with Crippen LogP contribution in [0.5, 0.6) is 0 Å². The van der Waals surface area contributed by atoms with E-state index < -0.39 is 17.6 Å². The van der Waals surface area contributed by atoms with Gasteiger partial charge in [0.15, 0.2) is 0 Å². The van der Waals surface area contributed by atoms with E-state index in [0.717, 1.165) is 28.8 Å². The molecule has 1 amide bonds. The maximum absolute atomic E-state index is 13.0. The highest BCUT2D eigenvalue weighted by Crippen LogP contribution is 2.58. The lowest BCUT2D eigenvalue weighted by Crippen LogP contribution is -2.14. The van der Waals surface area contributed by atoms with Gasteiger partial charge in [-0.3, -0.25) is 9.78 Å². The number of halogens is 3. The smallest absolute Gasteiger partial charge is 0.416 e. The predicted octanol–water partition coefficient (Wildman–Crippen LogP) is 5.67. The number of fused-ring (bicyclic) bond motifs is 5. The maximum atomic E-state index is 13.0. The lowest BCUT2D eigenvalue weighted by Gasteiger charge is -2.10. The molecule has 0 spiro atoms. The highest BCUT2D eigenvalue weighted by Gasteiger charge is 2.44. The molecule has 0 saturated heterocycles. The Morgan fingerprint density at radius 2 is 1.82 bits per heavy atom. The van der Waals surface area contributed by atoms with E-state index in [-0.39, 0.29) is 11.6 Å². The van der Waals surface area contributed by atoms with E-state index in [1.807, 2.05) is 6.92 Å². The first-order valence-electron chi connectivity index (χ1n) is 8.67. The summed E-state index contributed by atoms with van der Waals surface area (Å²) in [7, 11) is 0. The highest BCUT2D eigenvalue weighted by atomic mass is 19.4. The Hall–Kier alpha value is -3.35. The van der Waals surface area contributed by atoms with Crippen molar-refractivity contribution in [2.75, 3.05) is 5.32 Å². The molecule has 0 fully saturated rings. The molecule has 1 aromatic carbocycles. The molecule has 1 atom stereocenters. The number of carbonyl (C=O) groups is 1. The van der Waals surface area contributed by atoms with Crippen LogP contribution in [0.2, 0.25) is 0 Å². The Morgan fingerprint density at radius 3 is 2.54 bits per heavy atom. The number of amides is 1. The second kappa shape index (κ2) is 5.58. The van der Waals surface area contributed by atoms with Crippen LogP contribution in [0.4, 0.5) is 18.9 Å². The maximum Gasteiger partial charge on any atom is 0.416 e. The number of anilines is 1. The molecule has 7 heteroatoms. The van der Waals surface area contributed by atoms with Gasteiger partial charge in [0.05, 0.1) is 11.1 Å². The lowest BCUT2D eigenvalue weighted by atomic mass is 10.00. The van der Waals surface area contributed by atoms with Crippen molar-refractivity contribution in [3.05, 3.63) is 71.0 Å². The van der Waals surface area contributed by atoms with Crippen LogP contribution in [0.3, 0.4) is 0 Å². The summed E-state index contributed by atoms with van der Waals surface area (Å²) in [4.78, 5) is 17.0. The van der Waals surface area contributed by atoms with Crippen molar-refractivity contribution in [1.29, 1.82) is 0 Å². The Bertz CT molecular complexity index is 1210. The van der Waals surface area contributed by atoms with E-state index in [0.29, 0.717) is 22.3 Å². The number of benzene rings is 2. The zero-order chi connectivity index (χ0) is 19.6. The van der Waals surface area contributed by atoms with Crippen LogP contribution in [0.15, 0.2) is 53.2 Å². The van der Waals surface area contributed by atoms with Crippen molar-refractivity contribution in [2.45, 2.75) is 19.0 Å². The van der Waals surface area contributed by atoms with Crippen molar-refractivity contribution in [3.63, 3.8) is 0 Å². The minimum absolute atomic E-state index is 0.0767. The van der Waals surface area contributed by atoms with Crippen LogP contribution < -0.4 is 5.32 Å². The van der Waals surface area contributed by atoms with E-state index in [1.54, 1.807) is 24.5 Å². The Morgan fingerprint density at radius 1 is 1.11 bits per heavy atom. The van der Waals surface area contributed by atoms with E-state index in [9.17, 15) is 18.0 Å². The molecular formula is C21H13F3N2O2. The molecule has 4 nitrogen and oxygen atoms in total. The predicted molar refractivity (Wildman–Crippen MR) is 97.5 cm³/mol. The first kappa shape index (κ1) is 16.8. The second-order valence-corrected chi connectivity index (χ2v) is 6.83. The third-order valence-corrected chi connectivity index (χ3v) is 5.11. The minimum Gasteiger partial charge on any atom is -0.455 e. The third-order valence-electron chi connectivity index (χ3n) is 5.11. The summed E-state index contributed by atoms with van der Waals surface area (Å²) in [6, 6.07) is 8.12. The first-order chi connectivity index (χ1) is 13.4. The normalized spacial score (nSPS) is 15.6. The summed E-state index contributed by atoms with van der Waals surface area (Å²) in [5.74, 6) is -0.267. The summed E-state index contributed by atoms with van der Waals surface area (Å²) in [6.45, 7) is 2.03. The summed E-state index contributed by atoms with van der Waals surface area (Å²) >= 11 is 0. The number of alkyl halides is 3. The summed E-state index contributed by atoms with van der Waals surface area (Å²) < 4.78 is 44.7. The Balaban J connectivity index is 1.57. The zero-order valence-corrected chi connectivity index (χ0v) is 14.6. The van der Waals surface area contributed by atoms with Gasteiger partial charge < -0.3 is 9.73 Å². The van der Waals surface area contributed by atoms with Gasteiger partial charge in [0, 0.05) is 40.7 Å². The highest BCUT2D eigenvalue weighted by molar-refractivity contribution is 6.19. The average Bonchev–Trinajstić information content (AvgIpc) is 3.03. The molecule has 140 valence electrons. The van der Waals surface area contributed by atoms with Gasteiger partial charge >= 0.3 is 6.18 Å². The fourth-order valence-electron chi connectivity index (χ4n) is 3.76. The number of aromatic nitrogens is 1. The van der Waals surface area contributed by atoms with Gasteiger partial charge in [-0.05, 0) is 35.9 Å². The standard InChI is InChI=1S/C21H13F3N2O2/c1-10-14-15(10)19-17(16(18(14)28-19)11-5-7-25-8-6-11)20(27)26-13-4-2-3-12(9-13)21(22,23)24/h2-10H,1H3,(H,26,27)/t10-/m1/s1. The van der Waals surface area contributed by atoms with Crippen LogP contribution in [-0.2, 0) is 6.18 Å². The van der Waals surface area contributed by atoms with Crippen LogP contribution in [0, 0.1) is 0 Å². The van der Waals surface area contributed by atoms with Gasteiger partial charge in [-0.25, -0.2) is 0 Å². The van der Waals surface area contributed by atoms with Crippen LogP contribution in [0.25, 0.3) is 22.3 Å². The molecule has 5 rings (SSSR count). The second-order valence-electron chi connectivity index (χ2n) is 6.83. The topological polar surface area (TPSA) is 55.1 Å². The number of rotatable bonds is 3. The number of pyridine rings is 1. The Kier molecular flexibility index (Phi) is 3.34. The fraction of sp³-hybridized carbons (Fsp3) is 0.143. The van der Waals surface area contributed by atoms with Crippen molar-refractivity contribution < 1.29 is 22.4 Å². The molecule has 1 N–H and O–H groups in total. The van der Waals surface area contributed by atoms with Gasteiger partial charge in [0.2, 0.25) is 0 Å². The van der Waals surface area contributed by atoms with Crippen LogP contribution >= 0.6 is 0 Å². The summed E-state index contributed by atoms with van der Waals surface area (Å²) in [5.41, 5.74) is 4.31. The van der Waals surface area contributed by atoms with Crippen LogP contribution in [0.1, 0.15) is 39.9 Å². The molecule has 0 radical (unpaired) electrons. The lowest BCUT2D eigenvalue weighted by molar-refractivity contribution is -0.137. The van der Waals surface area contributed by atoms with E-state index in [4.69, 9.17) is 4.42 Å². The third kappa shape index (κ3) is 2.39. The number of hydrogen-bond acceptors (Lipinski definition) is 3. The van der Waals surface area contributed by atoms with E-state index >= 15 is 0 Å². The van der Waals surface area contributed by atoms with Gasteiger partial charge in [-0.1, -0.05) is 13.0 Å². The number of hydrogen-bond donors (Lipinski definition) is 1. The minimum atomic E-state index is -4.48. The quantitative estimate of drug-likeness (QED) is 0.497. The van der Waals surface area contributed by atoms with Gasteiger partial charge in [-0.2, -0.15) is 13.2 Å². The first-order valence-corrected chi connectivity index (χ1v) is 8.67. The molecule has 28 heavy (non-hydrogen) atoms. The Labute approximate surface area is 157 Å². The SMILES string of the molecule is C[C@H]1c2c1c1oc2c(C(=O)Nc2cccc(C(F)(F)F)c2)c1-c1ccncc1. The molecule has 1 aliphatic carbocycles. The van der Waals surface area contributed by atoms with Crippen molar-refractivity contribution >= 4 is 22.8 Å². The van der Waals surface area contributed by atoms with Crippen molar-refractivity contribution in [2.24, 2.45) is 0 Å². The fourth-order valence-corrected chi connectivity index (χ4v) is 3.76. The van der Waals surface area contributed by atoms with Gasteiger partial charge in [-0.15, -0.1) is 0 Å².